The summed E-state index contributed by atoms with van der Waals surface area (Å²) in [5.74, 6) is -0.0825. The Kier molecular flexibility index (Phi) is 4.70. The third-order valence-electron chi connectivity index (χ3n) is 3.04. The molecule has 1 rings (SSSR count). The van der Waals surface area contributed by atoms with Gasteiger partial charge < -0.3 is 11.1 Å². The van der Waals surface area contributed by atoms with E-state index >= 15 is 0 Å². The van der Waals surface area contributed by atoms with Gasteiger partial charge in [0, 0.05) is 0 Å². The molecular weight excluding hydrogens is 212 g/mol. The van der Waals surface area contributed by atoms with Crippen LogP contribution in [0.2, 0.25) is 0 Å². The largest absolute Gasteiger partial charge is 0.348 e. The first-order valence-corrected chi connectivity index (χ1v) is 6.08. The van der Waals surface area contributed by atoms with Crippen molar-refractivity contribution in [3.8, 4) is 0 Å². The molecule has 0 radical (unpaired) electrons. The van der Waals surface area contributed by atoms with Gasteiger partial charge in [-0.2, -0.15) is 0 Å². The Morgan fingerprint density at radius 1 is 1.41 bits per heavy atom. The van der Waals surface area contributed by atoms with Crippen molar-refractivity contribution >= 4 is 5.91 Å². The smallest absolute Gasteiger partial charge is 0.237 e. The molecule has 2 unspecified atom stereocenters. The van der Waals surface area contributed by atoms with E-state index in [4.69, 9.17) is 5.73 Å². The van der Waals surface area contributed by atoms with Crippen LogP contribution in [-0.2, 0) is 4.79 Å². The fourth-order valence-electron chi connectivity index (χ4n) is 1.81. The van der Waals surface area contributed by atoms with Crippen molar-refractivity contribution in [2.45, 2.75) is 46.2 Å². The van der Waals surface area contributed by atoms with Crippen molar-refractivity contribution in [3.05, 3.63) is 34.9 Å². The van der Waals surface area contributed by atoms with Crippen LogP contribution in [0.4, 0.5) is 0 Å². The van der Waals surface area contributed by atoms with Crippen LogP contribution in [0.1, 0.15) is 43.0 Å². The van der Waals surface area contributed by atoms with E-state index in [1.165, 1.54) is 11.1 Å². The Morgan fingerprint density at radius 2 is 2.06 bits per heavy atom. The maximum atomic E-state index is 11.7. The Balaban J connectivity index is 2.79. The number of rotatable bonds is 4. The highest BCUT2D eigenvalue weighted by Crippen LogP contribution is 2.18. The quantitative estimate of drug-likeness (QED) is 0.839. The molecule has 0 aliphatic carbocycles. The van der Waals surface area contributed by atoms with Gasteiger partial charge in [0.2, 0.25) is 5.91 Å². The van der Waals surface area contributed by atoms with Crippen LogP contribution in [0.5, 0.6) is 0 Å². The van der Waals surface area contributed by atoms with Crippen molar-refractivity contribution < 1.29 is 4.79 Å². The number of benzene rings is 1. The first-order valence-electron chi connectivity index (χ1n) is 6.08. The topological polar surface area (TPSA) is 55.1 Å². The number of carbonyl (C=O) groups is 1. The normalized spacial score (nSPS) is 14.2. The molecule has 0 saturated heterocycles. The minimum Gasteiger partial charge on any atom is -0.348 e. The van der Waals surface area contributed by atoms with Gasteiger partial charge in [0.05, 0.1) is 12.1 Å². The fourth-order valence-corrected chi connectivity index (χ4v) is 1.81. The molecule has 1 aromatic carbocycles. The van der Waals surface area contributed by atoms with Crippen LogP contribution in [0.25, 0.3) is 0 Å². The monoisotopic (exact) mass is 234 g/mol. The molecule has 17 heavy (non-hydrogen) atoms. The lowest BCUT2D eigenvalue weighted by atomic mass is 9.99. The molecule has 0 saturated carbocycles. The molecule has 3 nitrogen and oxygen atoms in total. The molecule has 94 valence electrons. The van der Waals surface area contributed by atoms with Crippen LogP contribution < -0.4 is 11.1 Å². The summed E-state index contributed by atoms with van der Waals surface area (Å²) in [6.07, 6.45) is 0.658. The van der Waals surface area contributed by atoms with Gasteiger partial charge in [-0.1, -0.05) is 30.7 Å². The van der Waals surface area contributed by atoms with Gasteiger partial charge in [0.15, 0.2) is 0 Å². The van der Waals surface area contributed by atoms with Crippen molar-refractivity contribution in [1.29, 1.82) is 0 Å². The first-order chi connectivity index (χ1) is 7.95. The summed E-state index contributed by atoms with van der Waals surface area (Å²) < 4.78 is 0. The number of aryl methyl sites for hydroxylation is 2. The summed E-state index contributed by atoms with van der Waals surface area (Å²) in [4.78, 5) is 11.7. The van der Waals surface area contributed by atoms with E-state index in [1.54, 1.807) is 0 Å². The van der Waals surface area contributed by atoms with Crippen LogP contribution in [0.15, 0.2) is 18.2 Å². The van der Waals surface area contributed by atoms with Crippen LogP contribution >= 0.6 is 0 Å². The summed E-state index contributed by atoms with van der Waals surface area (Å²) in [7, 11) is 0. The molecule has 0 heterocycles. The molecule has 0 fully saturated rings. The number of nitrogens with two attached hydrogens (primary N) is 1. The van der Waals surface area contributed by atoms with Crippen molar-refractivity contribution in [2.24, 2.45) is 5.73 Å². The molecule has 0 aliphatic heterocycles. The van der Waals surface area contributed by atoms with Crippen molar-refractivity contribution in [2.75, 3.05) is 0 Å². The van der Waals surface area contributed by atoms with E-state index in [9.17, 15) is 4.79 Å². The average molecular weight is 234 g/mol. The van der Waals surface area contributed by atoms with E-state index in [0.717, 1.165) is 5.56 Å². The summed E-state index contributed by atoms with van der Waals surface area (Å²) in [6.45, 7) is 8.00. The lowest BCUT2D eigenvalue weighted by molar-refractivity contribution is -0.123. The molecule has 3 heteroatoms. The predicted octanol–water partition coefficient (Wildman–Crippen LogP) is 2.22. The molecular formula is C14H22N2O. The number of amides is 1. The Labute approximate surface area is 103 Å². The second-order valence-corrected chi connectivity index (χ2v) is 4.61. The summed E-state index contributed by atoms with van der Waals surface area (Å²) in [5, 5.41) is 2.95. The molecule has 0 aliphatic rings. The minimum atomic E-state index is -0.414. The van der Waals surface area contributed by atoms with Gasteiger partial charge in [-0.05, 0) is 38.3 Å². The number of hydrogen-bond acceptors (Lipinski definition) is 2. The molecule has 3 N–H and O–H groups in total. The second-order valence-electron chi connectivity index (χ2n) is 4.61. The molecule has 1 aromatic rings. The van der Waals surface area contributed by atoms with Gasteiger partial charge in [0.25, 0.3) is 0 Å². The summed E-state index contributed by atoms with van der Waals surface area (Å²) >= 11 is 0. The Bertz CT molecular complexity index is 401. The third kappa shape index (κ3) is 3.56. The average Bonchev–Trinajstić information content (AvgIpc) is 2.30. The van der Waals surface area contributed by atoms with Crippen molar-refractivity contribution in [1.82, 2.24) is 5.32 Å². The predicted molar refractivity (Wildman–Crippen MR) is 70.7 cm³/mol. The highest BCUT2D eigenvalue weighted by molar-refractivity contribution is 5.81. The Hall–Kier alpha value is -1.35. The lowest BCUT2D eigenvalue weighted by Gasteiger charge is -2.19. The molecule has 0 aromatic heterocycles. The zero-order valence-electron chi connectivity index (χ0n) is 11.1. The van der Waals surface area contributed by atoms with E-state index in [0.29, 0.717) is 6.42 Å². The van der Waals surface area contributed by atoms with E-state index < -0.39 is 6.04 Å². The highest BCUT2D eigenvalue weighted by Gasteiger charge is 2.15. The lowest BCUT2D eigenvalue weighted by Crippen LogP contribution is -2.41. The van der Waals surface area contributed by atoms with Crippen molar-refractivity contribution in [3.63, 3.8) is 0 Å². The molecule has 1 amide bonds. The van der Waals surface area contributed by atoms with E-state index in [1.807, 2.05) is 13.8 Å². The standard InChI is InChI=1S/C14H22N2O/c1-5-13(15)14(17)16-11(4)12-8-9(2)6-7-10(12)3/h6-8,11,13H,5,15H2,1-4H3,(H,16,17). The van der Waals surface area contributed by atoms with Gasteiger partial charge >= 0.3 is 0 Å². The molecule has 2 atom stereocenters. The van der Waals surface area contributed by atoms with Crippen LogP contribution in [-0.4, -0.2) is 11.9 Å². The zero-order chi connectivity index (χ0) is 13.0. The molecule has 0 bridgehead atoms. The van der Waals surface area contributed by atoms with Gasteiger partial charge in [-0.15, -0.1) is 0 Å². The van der Waals surface area contributed by atoms with Crippen LogP contribution in [0, 0.1) is 13.8 Å². The number of carbonyl (C=O) groups excluding carboxylic acids is 1. The van der Waals surface area contributed by atoms with Gasteiger partial charge in [0.1, 0.15) is 0 Å². The SMILES string of the molecule is CCC(N)C(=O)NC(C)c1cc(C)ccc1C. The van der Waals surface area contributed by atoms with Gasteiger partial charge in [-0.3, -0.25) is 4.79 Å². The maximum absolute atomic E-state index is 11.7. The summed E-state index contributed by atoms with van der Waals surface area (Å²) in [6, 6.07) is 5.85. The summed E-state index contributed by atoms with van der Waals surface area (Å²) in [5.41, 5.74) is 9.24. The van der Waals surface area contributed by atoms with E-state index in [-0.39, 0.29) is 11.9 Å². The number of hydrogen-bond donors (Lipinski definition) is 2. The second kappa shape index (κ2) is 5.82. The molecule has 0 spiro atoms. The van der Waals surface area contributed by atoms with Gasteiger partial charge in [-0.25, -0.2) is 0 Å². The van der Waals surface area contributed by atoms with E-state index in [2.05, 4.69) is 37.4 Å². The highest BCUT2D eigenvalue weighted by atomic mass is 16.2. The Morgan fingerprint density at radius 3 is 2.65 bits per heavy atom. The first kappa shape index (κ1) is 13.7. The minimum absolute atomic E-state index is 0.000000000000000444. The fraction of sp³-hybridized carbons (Fsp3) is 0.500. The third-order valence-corrected chi connectivity index (χ3v) is 3.04. The number of nitrogens with one attached hydrogen (secondary N) is 1. The van der Waals surface area contributed by atoms with Crippen LogP contribution in [0.3, 0.4) is 0 Å². The maximum Gasteiger partial charge on any atom is 0.237 e. The zero-order valence-corrected chi connectivity index (χ0v) is 11.1.